The fourth-order valence-corrected chi connectivity index (χ4v) is 4.12. The Morgan fingerprint density at radius 3 is 2.41 bits per heavy atom. The van der Waals surface area contributed by atoms with Crippen molar-refractivity contribution in [1.29, 1.82) is 0 Å². The van der Waals surface area contributed by atoms with Gasteiger partial charge in [0.15, 0.2) is 9.84 Å². The largest absolute Gasteiger partial charge is 0.456 e. The topological polar surface area (TPSA) is 60.4 Å². The maximum absolute atomic E-state index is 11.7. The maximum Gasteiger partial charge on any atom is 0.338 e. The molecule has 1 fully saturated rings. The zero-order valence-electron chi connectivity index (χ0n) is 8.87. The van der Waals surface area contributed by atoms with Crippen molar-refractivity contribution in [2.24, 2.45) is 0 Å². The van der Waals surface area contributed by atoms with Crippen molar-refractivity contribution < 1.29 is 17.9 Å². The van der Waals surface area contributed by atoms with Gasteiger partial charge in [0.25, 0.3) is 0 Å². The minimum atomic E-state index is -3.18. The molecule has 1 aromatic rings. The molecule has 0 spiro atoms. The fourth-order valence-electron chi connectivity index (χ4n) is 1.66. The number of benzene rings is 1. The molecule has 0 bridgehead atoms. The van der Waals surface area contributed by atoms with Crippen molar-refractivity contribution in [1.82, 2.24) is 0 Å². The summed E-state index contributed by atoms with van der Waals surface area (Å²) < 4.78 is 27.7. The Labute approximate surface area is 104 Å². The Bertz CT molecular complexity index is 512. The van der Waals surface area contributed by atoms with Gasteiger partial charge >= 0.3 is 5.97 Å². The summed E-state index contributed by atoms with van der Waals surface area (Å²) >= 11 is 5.84. The second kappa shape index (κ2) is 4.66. The molecule has 2 atom stereocenters. The molecule has 1 aliphatic heterocycles. The Hall–Kier alpha value is -1.07. The van der Waals surface area contributed by atoms with E-state index in [4.69, 9.17) is 16.3 Å². The first-order chi connectivity index (χ1) is 7.98. The average Bonchev–Trinajstić information content (AvgIpc) is 2.53. The molecular weight excluding hydrogens is 264 g/mol. The summed E-state index contributed by atoms with van der Waals surface area (Å²) in [6, 6.07) is 8.41. The maximum atomic E-state index is 11.7. The Morgan fingerprint density at radius 2 is 1.88 bits per heavy atom. The van der Waals surface area contributed by atoms with E-state index in [0.717, 1.165) is 0 Å². The number of hydrogen-bond acceptors (Lipinski definition) is 4. The smallest absolute Gasteiger partial charge is 0.338 e. The normalized spacial score (nSPS) is 26.6. The van der Waals surface area contributed by atoms with Crippen molar-refractivity contribution in [3.8, 4) is 0 Å². The Kier molecular flexibility index (Phi) is 3.40. The summed E-state index contributed by atoms with van der Waals surface area (Å²) in [7, 11) is -3.18. The van der Waals surface area contributed by atoms with E-state index in [1.54, 1.807) is 30.3 Å². The van der Waals surface area contributed by atoms with Crippen LogP contribution in [0.2, 0.25) is 0 Å². The number of esters is 1. The third-order valence-electron chi connectivity index (χ3n) is 2.50. The van der Waals surface area contributed by atoms with Gasteiger partial charge in [-0.05, 0) is 12.1 Å². The highest BCUT2D eigenvalue weighted by atomic mass is 35.5. The van der Waals surface area contributed by atoms with Gasteiger partial charge in [-0.2, -0.15) is 0 Å². The van der Waals surface area contributed by atoms with Gasteiger partial charge in [-0.15, -0.1) is 11.6 Å². The fraction of sp³-hybridized carbons (Fsp3) is 0.364. The van der Waals surface area contributed by atoms with Crippen molar-refractivity contribution in [2.45, 2.75) is 11.5 Å². The molecule has 0 unspecified atom stereocenters. The van der Waals surface area contributed by atoms with E-state index in [-0.39, 0.29) is 11.5 Å². The van der Waals surface area contributed by atoms with Gasteiger partial charge in [-0.1, -0.05) is 18.2 Å². The monoisotopic (exact) mass is 274 g/mol. The second-order valence-electron chi connectivity index (χ2n) is 3.90. The standard InChI is InChI=1S/C11H11ClO4S/c12-9-6-17(14,15)7-10(9)16-11(13)8-4-2-1-3-5-8/h1-5,9-10H,6-7H2/t9-,10-/m1/s1. The first-order valence-electron chi connectivity index (χ1n) is 5.08. The van der Waals surface area contributed by atoms with Gasteiger partial charge in [-0.25, -0.2) is 13.2 Å². The molecule has 1 aliphatic rings. The summed E-state index contributed by atoms with van der Waals surface area (Å²) in [6.45, 7) is 0. The van der Waals surface area contributed by atoms with Gasteiger partial charge in [0.1, 0.15) is 6.10 Å². The third-order valence-corrected chi connectivity index (χ3v) is 4.82. The summed E-state index contributed by atoms with van der Waals surface area (Å²) in [5.41, 5.74) is 0.390. The molecule has 1 aromatic carbocycles. The van der Waals surface area contributed by atoms with Crippen molar-refractivity contribution in [3.63, 3.8) is 0 Å². The zero-order valence-corrected chi connectivity index (χ0v) is 10.4. The lowest BCUT2D eigenvalue weighted by Crippen LogP contribution is -2.26. The highest BCUT2D eigenvalue weighted by molar-refractivity contribution is 7.91. The van der Waals surface area contributed by atoms with Gasteiger partial charge in [-0.3, -0.25) is 0 Å². The van der Waals surface area contributed by atoms with Crippen LogP contribution in [0.25, 0.3) is 0 Å². The number of alkyl halides is 1. The molecule has 1 heterocycles. The van der Waals surface area contributed by atoms with E-state index < -0.39 is 27.3 Å². The summed E-state index contributed by atoms with van der Waals surface area (Å²) in [5.74, 6) is -0.876. The molecule has 0 amide bonds. The van der Waals surface area contributed by atoms with Crippen molar-refractivity contribution >= 4 is 27.4 Å². The lowest BCUT2D eigenvalue weighted by molar-refractivity contribution is 0.0362. The van der Waals surface area contributed by atoms with Crippen LogP contribution in [0.15, 0.2) is 30.3 Å². The van der Waals surface area contributed by atoms with Crippen molar-refractivity contribution in [3.05, 3.63) is 35.9 Å². The number of carbonyl (C=O) groups excluding carboxylic acids is 1. The van der Waals surface area contributed by atoms with Crippen molar-refractivity contribution in [2.75, 3.05) is 11.5 Å². The molecule has 1 saturated heterocycles. The van der Waals surface area contributed by atoms with Crippen LogP contribution in [0.3, 0.4) is 0 Å². The molecule has 0 radical (unpaired) electrons. The SMILES string of the molecule is O=C(O[C@@H]1CS(=O)(=O)C[C@H]1Cl)c1ccccc1. The minimum Gasteiger partial charge on any atom is -0.456 e. The van der Waals surface area contributed by atoms with Gasteiger partial charge in [0.2, 0.25) is 0 Å². The second-order valence-corrected chi connectivity index (χ2v) is 6.62. The van der Waals surface area contributed by atoms with E-state index in [9.17, 15) is 13.2 Å². The first-order valence-corrected chi connectivity index (χ1v) is 7.34. The summed E-state index contributed by atoms with van der Waals surface area (Å²) in [4.78, 5) is 11.7. The van der Waals surface area contributed by atoms with Gasteiger partial charge in [0, 0.05) is 0 Å². The average molecular weight is 275 g/mol. The zero-order chi connectivity index (χ0) is 12.5. The van der Waals surface area contributed by atoms with Crippen LogP contribution < -0.4 is 0 Å². The summed E-state index contributed by atoms with van der Waals surface area (Å²) in [6.07, 6.45) is -0.755. The van der Waals surface area contributed by atoms with Crippen LogP contribution in [-0.2, 0) is 14.6 Å². The lowest BCUT2D eigenvalue weighted by Gasteiger charge is -2.13. The highest BCUT2D eigenvalue weighted by Gasteiger charge is 2.39. The number of hydrogen-bond donors (Lipinski definition) is 0. The number of ether oxygens (including phenoxy) is 1. The summed E-state index contributed by atoms with van der Waals surface area (Å²) in [5, 5.41) is -0.660. The van der Waals surface area contributed by atoms with Crippen LogP contribution >= 0.6 is 11.6 Å². The van der Waals surface area contributed by atoms with Crippen LogP contribution in [0.5, 0.6) is 0 Å². The van der Waals surface area contributed by atoms with E-state index in [1.165, 1.54) is 0 Å². The predicted molar refractivity (Wildman–Crippen MR) is 63.9 cm³/mol. The van der Waals surface area contributed by atoms with Crippen LogP contribution in [-0.4, -0.2) is 37.4 Å². The van der Waals surface area contributed by atoms with E-state index in [1.807, 2.05) is 0 Å². The number of rotatable bonds is 2. The number of halogens is 1. The predicted octanol–water partition coefficient (Wildman–Crippen LogP) is 1.25. The van der Waals surface area contributed by atoms with Crippen LogP contribution in [0.1, 0.15) is 10.4 Å². The van der Waals surface area contributed by atoms with Gasteiger partial charge in [0.05, 0.1) is 22.4 Å². The molecular formula is C11H11ClO4S. The lowest BCUT2D eigenvalue weighted by atomic mass is 10.2. The van der Waals surface area contributed by atoms with Crippen LogP contribution in [0.4, 0.5) is 0 Å². The first kappa shape index (κ1) is 12.4. The molecule has 92 valence electrons. The number of carbonyl (C=O) groups is 1. The Balaban J connectivity index is 2.06. The van der Waals surface area contributed by atoms with E-state index in [2.05, 4.69) is 0 Å². The van der Waals surface area contributed by atoms with Crippen LogP contribution in [0, 0.1) is 0 Å². The molecule has 0 saturated carbocycles. The van der Waals surface area contributed by atoms with E-state index >= 15 is 0 Å². The van der Waals surface area contributed by atoms with Gasteiger partial charge < -0.3 is 4.74 Å². The molecule has 6 heteroatoms. The third kappa shape index (κ3) is 2.98. The molecule has 2 rings (SSSR count). The van der Waals surface area contributed by atoms with E-state index in [0.29, 0.717) is 5.56 Å². The molecule has 0 aromatic heterocycles. The highest BCUT2D eigenvalue weighted by Crippen LogP contribution is 2.21. The molecule has 0 N–H and O–H groups in total. The minimum absolute atomic E-state index is 0.138. The Morgan fingerprint density at radius 1 is 1.24 bits per heavy atom. The quantitative estimate of drug-likeness (QED) is 0.601. The molecule has 0 aliphatic carbocycles. The molecule has 4 nitrogen and oxygen atoms in total. The molecule has 17 heavy (non-hydrogen) atoms. The number of sulfone groups is 1.